The molecule has 2 rings (SSSR count). The van der Waals surface area contributed by atoms with Crippen molar-refractivity contribution in [3.63, 3.8) is 0 Å². The van der Waals surface area contributed by atoms with Crippen molar-refractivity contribution in [1.82, 2.24) is 15.5 Å². The number of rotatable bonds is 9. The number of hydrogen-bond donors (Lipinski definition) is 2. The number of nitrogens with zero attached hydrogens (tertiary/aromatic N) is 2. The second kappa shape index (κ2) is 13.4. The molecule has 0 aliphatic carbocycles. The van der Waals surface area contributed by atoms with Crippen molar-refractivity contribution in [2.24, 2.45) is 4.99 Å². The molecule has 1 unspecified atom stereocenters. The highest BCUT2D eigenvalue weighted by molar-refractivity contribution is 14.0. The predicted octanol–water partition coefficient (Wildman–Crippen LogP) is 4.48. The third-order valence-corrected chi connectivity index (χ3v) is 4.74. The molecule has 1 saturated heterocycles. The summed E-state index contributed by atoms with van der Waals surface area (Å²) in [6, 6.07) is 4.14. The van der Waals surface area contributed by atoms with E-state index in [2.05, 4.69) is 29.4 Å². The van der Waals surface area contributed by atoms with Crippen LogP contribution in [0.15, 0.2) is 21.5 Å². The van der Waals surface area contributed by atoms with Gasteiger partial charge in [0.2, 0.25) is 0 Å². The van der Waals surface area contributed by atoms with E-state index in [1.165, 1.54) is 51.7 Å². The normalized spacial score (nSPS) is 16.8. The highest BCUT2D eigenvalue weighted by atomic mass is 127. The fraction of sp³-hybridized carbons (Fsp3) is 0.750. The number of likely N-dealkylation sites (tertiary alicyclic amines) is 1. The van der Waals surface area contributed by atoms with Crippen LogP contribution in [0.5, 0.6) is 0 Å². The molecule has 1 aliphatic heterocycles. The van der Waals surface area contributed by atoms with Gasteiger partial charge in [0.1, 0.15) is 11.5 Å². The summed E-state index contributed by atoms with van der Waals surface area (Å²) >= 11 is 0. The highest BCUT2D eigenvalue weighted by Crippen LogP contribution is 2.15. The lowest BCUT2D eigenvalue weighted by Gasteiger charge is -2.26. The van der Waals surface area contributed by atoms with Crippen LogP contribution in [0.2, 0.25) is 0 Å². The Kier molecular flexibility index (Phi) is 12.0. The summed E-state index contributed by atoms with van der Waals surface area (Å²) in [7, 11) is 0. The number of aliphatic imine (C=N–C) groups is 1. The summed E-state index contributed by atoms with van der Waals surface area (Å²) in [5, 5.41) is 6.75. The Hall–Kier alpha value is -0.760. The molecular weight excluding hydrogens is 439 g/mol. The molecule has 1 aromatic rings. The largest absolute Gasteiger partial charge is 0.464 e. The van der Waals surface area contributed by atoms with Gasteiger partial charge in [-0.3, -0.25) is 4.99 Å². The first kappa shape index (κ1) is 23.3. The number of nitrogens with one attached hydrogen (secondary N) is 2. The SMILES string of the molecule is CCNC(=NCCCCCN1CCCCC1)NC(C)c1ccc(C)o1.I. The average molecular weight is 476 g/mol. The van der Waals surface area contributed by atoms with Gasteiger partial charge in [-0.25, -0.2) is 0 Å². The molecule has 0 aromatic carbocycles. The van der Waals surface area contributed by atoms with Crippen molar-refractivity contribution in [2.75, 3.05) is 32.7 Å². The van der Waals surface area contributed by atoms with Gasteiger partial charge in [0.05, 0.1) is 6.04 Å². The average Bonchev–Trinajstić information content (AvgIpc) is 3.05. The number of aryl methyl sites for hydroxylation is 1. The quantitative estimate of drug-likeness (QED) is 0.239. The molecule has 0 bridgehead atoms. The van der Waals surface area contributed by atoms with Crippen LogP contribution < -0.4 is 10.6 Å². The van der Waals surface area contributed by atoms with Crippen LogP contribution in [-0.2, 0) is 0 Å². The molecule has 26 heavy (non-hydrogen) atoms. The highest BCUT2D eigenvalue weighted by Gasteiger charge is 2.11. The predicted molar refractivity (Wildman–Crippen MR) is 121 cm³/mol. The molecule has 0 radical (unpaired) electrons. The standard InChI is InChI=1S/C20H36N4O.HI/c1-4-21-20(23-18(3)19-12-11-17(2)25-19)22-13-7-5-8-14-24-15-9-6-10-16-24;/h11-12,18H,4-10,13-16H2,1-3H3,(H2,21,22,23);1H. The van der Waals surface area contributed by atoms with E-state index in [0.717, 1.165) is 37.0 Å². The number of guanidine groups is 1. The summed E-state index contributed by atoms with van der Waals surface area (Å²) in [6.07, 6.45) is 7.89. The topological polar surface area (TPSA) is 52.8 Å². The minimum Gasteiger partial charge on any atom is -0.464 e. The van der Waals surface area contributed by atoms with Crippen LogP contribution in [-0.4, -0.2) is 43.6 Å². The summed E-state index contributed by atoms with van der Waals surface area (Å²) in [4.78, 5) is 7.33. The van der Waals surface area contributed by atoms with Crippen LogP contribution in [0.25, 0.3) is 0 Å². The summed E-state index contributed by atoms with van der Waals surface area (Å²) < 4.78 is 5.69. The van der Waals surface area contributed by atoms with Crippen molar-refractivity contribution < 1.29 is 4.42 Å². The van der Waals surface area contributed by atoms with Crippen molar-refractivity contribution in [3.8, 4) is 0 Å². The molecule has 1 aliphatic rings. The van der Waals surface area contributed by atoms with Gasteiger partial charge in [-0.05, 0) is 78.2 Å². The Bertz CT molecular complexity index is 512. The van der Waals surface area contributed by atoms with Gasteiger partial charge in [-0.15, -0.1) is 24.0 Å². The molecule has 1 atom stereocenters. The van der Waals surface area contributed by atoms with Gasteiger partial charge >= 0.3 is 0 Å². The van der Waals surface area contributed by atoms with E-state index in [4.69, 9.17) is 9.41 Å². The summed E-state index contributed by atoms with van der Waals surface area (Å²) in [6.45, 7) is 11.8. The molecule has 0 amide bonds. The Labute approximate surface area is 176 Å². The van der Waals surface area contributed by atoms with Gasteiger partial charge in [-0.1, -0.05) is 12.8 Å². The number of hydrogen-bond acceptors (Lipinski definition) is 3. The Balaban J connectivity index is 0.00000338. The molecule has 1 aromatic heterocycles. The van der Waals surface area contributed by atoms with Gasteiger partial charge in [-0.2, -0.15) is 0 Å². The van der Waals surface area contributed by atoms with Crippen LogP contribution in [0.4, 0.5) is 0 Å². The van der Waals surface area contributed by atoms with E-state index in [9.17, 15) is 0 Å². The van der Waals surface area contributed by atoms with E-state index in [1.807, 2.05) is 19.1 Å². The molecule has 1 fully saturated rings. The maximum atomic E-state index is 5.69. The van der Waals surface area contributed by atoms with Crippen LogP contribution in [0.1, 0.15) is 69.9 Å². The lowest BCUT2D eigenvalue weighted by molar-refractivity contribution is 0.224. The lowest BCUT2D eigenvalue weighted by atomic mass is 10.1. The van der Waals surface area contributed by atoms with Gasteiger partial charge < -0.3 is 20.0 Å². The molecule has 2 N–H and O–H groups in total. The zero-order chi connectivity index (χ0) is 17.9. The molecule has 150 valence electrons. The lowest BCUT2D eigenvalue weighted by Crippen LogP contribution is -2.38. The smallest absolute Gasteiger partial charge is 0.191 e. The van der Waals surface area contributed by atoms with Gasteiger partial charge in [0.15, 0.2) is 5.96 Å². The maximum absolute atomic E-state index is 5.69. The molecule has 0 saturated carbocycles. The van der Waals surface area contributed by atoms with Crippen molar-refractivity contribution >= 4 is 29.9 Å². The first-order valence-corrected chi connectivity index (χ1v) is 10.0. The number of halogens is 1. The monoisotopic (exact) mass is 476 g/mol. The maximum Gasteiger partial charge on any atom is 0.191 e. The number of piperidine rings is 1. The number of furan rings is 1. The van der Waals surface area contributed by atoms with E-state index < -0.39 is 0 Å². The van der Waals surface area contributed by atoms with Crippen LogP contribution in [0.3, 0.4) is 0 Å². The molecular formula is C20H37IN4O. The number of unbranched alkanes of at least 4 members (excludes halogenated alkanes) is 2. The Morgan fingerprint density at radius 2 is 1.96 bits per heavy atom. The third-order valence-electron chi connectivity index (χ3n) is 4.74. The summed E-state index contributed by atoms with van der Waals surface area (Å²) in [5.41, 5.74) is 0. The molecule has 5 nitrogen and oxygen atoms in total. The first-order chi connectivity index (χ1) is 12.2. The second-order valence-electron chi connectivity index (χ2n) is 7.04. The third kappa shape index (κ3) is 8.75. The fourth-order valence-electron chi connectivity index (χ4n) is 3.28. The minimum atomic E-state index is 0. The zero-order valence-electron chi connectivity index (χ0n) is 16.7. The van der Waals surface area contributed by atoms with Crippen molar-refractivity contribution in [2.45, 2.75) is 65.3 Å². The Morgan fingerprint density at radius 3 is 2.62 bits per heavy atom. The Morgan fingerprint density at radius 1 is 1.19 bits per heavy atom. The van der Waals surface area contributed by atoms with E-state index in [0.29, 0.717) is 0 Å². The van der Waals surface area contributed by atoms with Crippen LogP contribution in [0, 0.1) is 6.92 Å². The molecule has 0 spiro atoms. The van der Waals surface area contributed by atoms with E-state index >= 15 is 0 Å². The van der Waals surface area contributed by atoms with Gasteiger partial charge in [0.25, 0.3) is 0 Å². The zero-order valence-corrected chi connectivity index (χ0v) is 19.1. The van der Waals surface area contributed by atoms with E-state index in [-0.39, 0.29) is 30.0 Å². The second-order valence-corrected chi connectivity index (χ2v) is 7.04. The van der Waals surface area contributed by atoms with E-state index in [1.54, 1.807) is 0 Å². The summed E-state index contributed by atoms with van der Waals surface area (Å²) in [5.74, 6) is 2.77. The van der Waals surface area contributed by atoms with Crippen molar-refractivity contribution in [1.29, 1.82) is 0 Å². The van der Waals surface area contributed by atoms with Crippen LogP contribution >= 0.6 is 24.0 Å². The fourth-order valence-corrected chi connectivity index (χ4v) is 3.28. The molecule has 6 heteroatoms. The van der Waals surface area contributed by atoms with Crippen molar-refractivity contribution in [3.05, 3.63) is 23.7 Å². The molecule has 2 heterocycles. The minimum absolute atomic E-state index is 0. The first-order valence-electron chi connectivity index (χ1n) is 10.0. The van der Waals surface area contributed by atoms with Gasteiger partial charge in [0, 0.05) is 13.1 Å².